The molecule has 1 atom stereocenters. The summed E-state index contributed by atoms with van der Waals surface area (Å²) < 4.78 is 24.7. The van der Waals surface area contributed by atoms with Crippen LogP contribution in [0.4, 0.5) is 0 Å². The molecular weight excluding hydrogens is 328 g/mol. The van der Waals surface area contributed by atoms with Gasteiger partial charge in [-0.2, -0.15) is 0 Å². The van der Waals surface area contributed by atoms with Crippen molar-refractivity contribution in [2.24, 2.45) is 0 Å². The van der Waals surface area contributed by atoms with Gasteiger partial charge in [-0.25, -0.2) is 8.42 Å². The van der Waals surface area contributed by atoms with Gasteiger partial charge in [-0.3, -0.25) is 9.59 Å². The molecule has 0 radical (unpaired) electrons. The summed E-state index contributed by atoms with van der Waals surface area (Å²) in [5, 5.41) is 3.86. The molecule has 0 bridgehead atoms. The molecule has 128 valence electrons. The fourth-order valence-corrected chi connectivity index (χ4v) is 4.72. The van der Waals surface area contributed by atoms with Crippen LogP contribution in [0.1, 0.15) is 36.7 Å². The Morgan fingerprint density at radius 2 is 1.92 bits per heavy atom. The molecule has 7 heteroatoms. The van der Waals surface area contributed by atoms with Crippen molar-refractivity contribution in [3.8, 4) is 0 Å². The molecule has 1 aliphatic heterocycles. The standard InChI is InChI=1S/C17H20N2O4S/c1-11(2)19-9-15(13-5-3-4-6-14(13)17(19)21)16(20)18-12-7-8-24(22,23)10-12/h3-6,9,11-12H,7-8,10H2,1-2H3,(H,18,20)/t12-/m0/s1. The number of benzene rings is 1. The summed E-state index contributed by atoms with van der Waals surface area (Å²) in [5.41, 5.74) is 0.254. The number of carbonyl (C=O) groups excluding carboxylic acids is 1. The molecule has 6 nitrogen and oxygen atoms in total. The number of nitrogens with zero attached hydrogens (tertiary/aromatic N) is 1. The minimum atomic E-state index is -3.06. The van der Waals surface area contributed by atoms with Crippen LogP contribution in [0.2, 0.25) is 0 Å². The van der Waals surface area contributed by atoms with Crippen molar-refractivity contribution in [3.05, 3.63) is 46.4 Å². The summed E-state index contributed by atoms with van der Waals surface area (Å²) in [5.74, 6) is -0.271. The van der Waals surface area contributed by atoms with Crippen LogP contribution in [0.3, 0.4) is 0 Å². The van der Waals surface area contributed by atoms with Crippen molar-refractivity contribution < 1.29 is 13.2 Å². The maximum absolute atomic E-state index is 12.7. The second-order valence-electron chi connectivity index (χ2n) is 6.47. The van der Waals surface area contributed by atoms with Crippen molar-refractivity contribution in [1.82, 2.24) is 9.88 Å². The number of rotatable bonds is 3. The summed E-state index contributed by atoms with van der Waals surface area (Å²) in [6, 6.07) is 6.52. The highest BCUT2D eigenvalue weighted by atomic mass is 32.2. The van der Waals surface area contributed by atoms with E-state index in [4.69, 9.17) is 0 Å². The van der Waals surface area contributed by atoms with Crippen LogP contribution in [0.15, 0.2) is 35.3 Å². The molecule has 24 heavy (non-hydrogen) atoms. The Morgan fingerprint density at radius 3 is 2.50 bits per heavy atom. The molecule has 2 heterocycles. The predicted molar refractivity (Wildman–Crippen MR) is 93.1 cm³/mol. The van der Waals surface area contributed by atoms with Gasteiger partial charge < -0.3 is 9.88 Å². The maximum atomic E-state index is 12.7. The van der Waals surface area contributed by atoms with Crippen molar-refractivity contribution in [1.29, 1.82) is 0 Å². The Balaban J connectivity index is 2.04. The van der Waals surface area contributed by atoms with E-state index in [0.717, 1.165) is 0 Å². The van der Waals surface area contributed by atoms with E-state index in [2.05, 4.69) is 5.32 Å². The molecule has 1 aliphatic rings. The average Bonchev–Trinajstić information content (AvgIpc) is 2.86. The summed E-state index contributed by atoms with van der Waals surface area (Å²) >= 11 is 0. The fraction of sp³-hybridized carbons (Fsp3) is 0.412. The lowest BCUT2D eigenvalue weighted by atomic mass is 10.1. The molecule has 1 fully saturated rings. The maximum Gasteiger partial charge on any atom is 0.258 e. The van der Waals surface area contributed by atoms with E-state index in [0.29, 0.717) is 22.8 Å². The van der Waals surface area contributed by atoms with E-state index in [1.165, 1.54) is 4.57 Å². The molecule has 0 saturated carbocycles. The van der Waals surface area contributed by atoms with Crippen LogP contribution >= 0.6 is 0 Å². The van der Waals surface area contributed by atoms with Crippen LogP contribution in [0.5, 0.6) is 0 Å². The third kappa shape index (κ3) is 3.08. The quantitative estimate of drug-likeness (QED) is 0.911. The molecular formula is C17H20N2O4S. The molecule has 0 spiro atoms. The van der Waals surface area contributed by atoms with E-state index in [9.17, 15) is 18.0 Å². The number of sulfone groups is 1. The Kier molecular flexibility index (Phi) is 4.21. The molecule has 1 amide bonds. The largest absolute Gasteiger partial charge is 0.348 e. The second-order valence-corrected chi connectivity index (χ2v) is 8.70. The lowest BCUT2D eigenvalue weighted by Gasteiger charge is -2.16. The van der Waals surface area contributed by atoms with Gasteiger partial charge >= 0.3 is 0 Å². The van der Waals surface area contributed by atoms with Crippen LogP contribution in [0.25, 0.3) is 10.8 Å². The van der Waals surface area contributed by atoms with Gasteiger partial charge in [0, 0.05) is 29.1 Å². The number of hydrogen-bond donors (Lipinski definition) is 1. The number of aromatic nitrogens is 1. The van der Waals surface area contributed by atoms with Crippen molar-refractivity contribution in [3.63, 3.8) is 0 Å². The van der Waals surface area contributed by atoms with Gasteiger partial charge in [-0.1, -0.05) is 18.2 Å². The molecule has 1 aromatic carbocycles. The van der Waals surface area contributed by atoms with Crippen LogP contribution in [-0.2, 0) is 9.84 Å². The van der Waals surface area contributed by atoms with E-state index >= 15 is 0 Å². The smallest absolute Gasteiger partial charge is 0.258 e. The second kappa shape index (κ2) is 6.05. The van der Waals surface area contributed by atoms with Gasteiger partial charge in [0.25, 0.3) is 11.5 Å². The van der Waals surface area contributed by atoms with E-state index in [-0.39, 0.29) is 35.1 Å². The first-order chi connectivity index (χ1) is 11.3. The topological polar surface area (TPSA) is 85.2 Å². The van der Waals surface area contributed by atoms with Gasteiger partial charge in [0.2, 0.25) is 0 Å². The zero-order valence-electron chi connectivity index (χ0n) is 13.7. The van der Waals surface area contributed by atoms with Crippen molar-refractivity contribution in [2.45, 2.75) is 32.4 Å². The number of pyridine rings is 1. The summed E-state index contributed by atoms with van der Waals surface area (Å²) in [6.45, 7) is 3.75. The Bertz CT molecular complexity index is 960. The van der Waals surface area contributed by atoms with Gasteiger partial charge in [0.15, 0.2) is 9.84 Å². The summed E-state index contributed by atoms with van der Waals surface area (Å²) in [6.07, 6.45) is 1.99. The molecule has 2 aromatic rings. The Hall–Kier alpha value is -2.15. The highest BCUT2D eigenvalue weighted by Crippen LogP contribution is 2.18. The van der Waals surface area contributed by atoms with E-state index in [1.807, 2.05) is 13.8 Å². The van der Waals surface area contributed by atoms with E-state index < -0.39 is 9.84 Å². The Labute approximate surface area is 140 Å². The van der Waals surface area contributed by atoms with Gasteiger partial charge in [-0.05, 0) is 26.3 Å². The first-order valence-corrected chi connectivity index (χ1v) is 9.76. The number of nitrogens with one attached hydrogen (secondary N) is 1. The first-order valence-electron chi connectivity index (χ1n) is 7.93. The Morgan fingerprint density at radius 1 is 1.25 bits per heavy atom. The number of hydrogen-bond acceptors (Lipinski definition) is 4. The molecule has 0 unspecified atom stereocenters. The zero-order valence-corrected chi connectivity index (χ0v) is 14.5. The van der Waals surface area contributed by atoms with Crippen LogP contribution in [0, 0.1) is 0 Å². The lowest BCUT2D eigenvalue weighted by Crippen LogP contribution is -2.36. The third-order valence-electron chi connectivity index (χ3n) is 4.32. The normalized spacial score (nSPS) is 19.7. The fourth-order valence-electron chi connectivity index (χ4n) is 3.05. The zero-order chi connectivity index (χ0) is 17.5. The van der Waals surface area contributed by atoms with Crippen LogP contribution in [-0.4, -0.2) is 36.4 Å². The first kappa shape index (κ1) is 16.7. The molecule has 1 aromatic heterocycles. The summed E-state index contributed by atoms with van der Waals surface area (Å²) in [7, 11) is -3.06. The lowest BCUT2D eigenvalue weighted by molar-refractivity contribution is 0.0942. The highest BCUT2D eigenvalue weighted by molar-refractivity contribution is 7.91. The van der Waals surface area contributed by atoms with Crippen LogP contribution < -0.4 is 10.9 Å². The monoisotopic (exact) mass is 348 g/mol. The molecule has 3 rings (SSSR count). The molecule has 1 saturated heterocycles. The molecule has 0 aliphatic carbocycles. The van der Waals surface area contributed by atoms with Gasteiger partial charge in [0.1, 0.15) is 0 Å². The van der Waals surface area contributed by atoms with Gasteiger partial charge in [0.05, 0.1) is 17.1 Å². The minimum Gasteiger partial charge on any atom is -0.348 e. The third-order valence-corrected chi connectivity index (χ3v) is 6.09. The average molecular weight is 348 g/mol. The molecule has 1 N–H and O–H groups in total. The number of carbonyl (C=O) groups is 1. The predicted octanol–water partition coefficient (Wildman–Crippen LogP) is 1.50. The summed E-state index contributed by atoms with van der Waals surface area (Å²) in [4.78, 5) is 25.2. The number of fused-ring (bicyclic) bond motifs is 1. The van der Waals surface area contributed by atoms with Crippen molar-refractivity contribution in [2.75, 3.05) is 11.5 Å². The van der Waals surface area contributed by atoms with Crippen molar-refractivity contribution >= 4 is 26.5 Å². The number of amides is 1. The minimum absolute atomic E-state index is 0.0273. The van der Waals surface area contributed by atoms with Gasteiger partial charge in [-0.15, -0.1) is 0 Å². The highest BCUT2D eigenvalue weighted by Gasteiger charge is 2.29. The van der Waals surface area contributed by atoms with E-state index in [1.54, 1.807) is 30.5 Å². The SMILES string of the molecule is CC(C)n1cc(C(=O)N[C@H]2CCS(=O)(=O)C2)c2ccccc2c1=O.